The lowest BCUT2D eigenvalue weighted by Gasteiger charge is -2.30. The maximum Gasteiger partial charge on any atom is 0.244 e. The quantitative estimate of drug-likeness (QED) is 0.923. The predicted octanol–water partition coefficient (Wildman–Crippen LogP) is 3.13. The molecule has 1 aliphatic rings. The monoisotopic (exact) mass is 335 g/mol. The first kappa shape index (κ1) is 14.9. The molecular formula is C15H18BrN3O. The highest BCUT2D eigenvalue weighted by Crippen LogP contribution is 2.24. The molecule has 0 saturated carbocycles. The van der Waals surface area contributed by atoms with Gasteiger partial charge in [-0.3, -0.25) is 4.79 Å². The van der Waals surface area contributed by atoms with E-state index in [4.69, 9.17) is 5.26 Å². The number of anilines is 1. The standard InChI is InChI=1S/C15H18BrN3O/c1-11(15(20)19-7-3-2-4-8-19)18-14-6-5-12(10-17)9-13(14)16/h5-6,9,11,18H,2-4,7-8H2,1H3. The zero-order valence-electron chi connectivity index (χ0n) is 11.5. The normalized spacial score (nSPS) is 16.4. The van der Waals surface area contributed by atoms with Gasteiger partial charge in [-0.05, 0) is 60.3 Å². The smallest absolute Gasteiger partial charge is 0.244 e. The van der Waals surface area contributed by atoms with Crippen molar-refractivity contribution in [3.8, 4) is 6.07 Å². The van der Waals surface area contributed by atoms with E-state index in [1.807, 2.05) is 17.9 Å². The van der Waals surface area contributed by atoms with Crippen LogP contribution in [-0.4, -0.2) is 29.9 Å². The summed E-state index contributed by atoms with van der Waals surface area (Å²) in [6.45, 7) is 3.60. The molecular weight excluding hydrogens is 318 g/mol. The van der Waals surface area contributed by atoms with Crippen LogP contribution in [0.3, 0.4) is 0 Å². The van der Waals surface area contributed by atoms with Crippen molar-refractivity contribution >= 4 is 27.5 Å². The molecule has 0 radical (unpaired) electrons. The van der Waals surface area contributed by atoms with Crippen LogP contribution in [-0.2, 0) is 4.79 Å². The lowest BCUT2D eigenvalue weighted by molar-refractivity contribution is -0.132. The molecule has 1 fully saturated rings. The van der Waals surface area contributed by atoms with Crippen molar-refractivity contribution in [3.05, 3.63) is 28.2 Å². The van der Waals surface area contributed by atoms with Gasteiger partial charge in [0.05, 0.1) is 11.6 Å². The molecule has 20 heavy (non-hydrogen) atoms. The summed E-state index contributed by atoms with van der Waals surface area (Å²) in [7, 11) is 0. The van der Waals surface area contributed by atoms with Gasteiger partial charge in [-0.2, -0.15) is 5.26 Å². The van der Waals surface area contributed by atoms with E-state index in [1.54, 1.807) is 12.1 Å². The Kier molecular flexibility index (Phi) is 5.02. The SMILES string of the molecule is CC(Nc1ccc(C#N)cc1Br)C(=O)N1CCCCC1. The summed E-state index contributed by atoms with van der Waals surface area (Å²) in [6.07, 6.45) is 3.41. The molecule has 2 rings (SSSR count). The van der Waals surface area contributed by atoms with E-state index in [-0.39, 0.29) is 11.9 Å². The first-order valence-electron chi connectivity index (χ1n) is 6.87. The first-order valence-corrected chi connectivity index (χ1v) is 7.66. The van der Waals surface area contributed by atoms with Gasteiger partial charge in [-0.1, -0.05) is 0 Å². The minimum Gasteiger partial charge on any atom is -0.373 e. The summed E-state index contributed by atoms with van der Waals surface area (Å²) in [5, 5.41) is 12.1. The number of halogens is 1. The fourth-order valence-corrected chi connectivity index (χ4v) is 2.88. The van der Waals surface area contributed by atoms with Gasteiger partial charge in [0, 0.05) is 23.2 Å². The van der Waals surface area contributed by atoms with Crippen molar-refractivity contribution in [2.45, 2.75) is 32.2 Å². The van der Waals surface area contributed by atoms with Crippen molar-refractivity contribution in [3.63, 3.8) is 0 Å². The summed E-state index contributed by atoms with van der Waals surface area (Å²) < 4.78 is 0.801. The Bertz CT molecular complexity index is 532. The Morgan fingerprint density at radius 2 is 2.10 bits per heavy atom. The molecule has 1 aromatic rings. The van der Waals surface area contributed by atoms with Crippen LogP contribution in [0.2, 0.25) is 0 Å². The molecule has 0 aromatic heterocycles. The highest BCUT2D eigenvalue weighted by molar-refractivity contribution is 9.10. The molecule has 4 nitrogen and oxygen atoms in total. The zero-order valence-corrected chi connectivity index (χ0v) is 13.1. The number of piperidine rings is 1. The third-order valence-electron chi connectivity index (χ3n) is 3.51. The lowest BCUT2D eigenvalue weighted by Crippen LogP contribution is -2.43. The molecule has 106 valence electrons. The van der Waals surface area contributed by atoms with Crippen LogP contribution in [0.4, 0.5) is 5.69 Å². The van der Waals surface area contributed by atoms with Crippen LogP contribution in [0, 0.1) is 11.3 Å². The summed E-state index contributed by atoms with van der Waals surface area (Å²) in [6, 6.07) is 7.14. The lowest BCUT2D eigenvalue weighted by atomic mass is 10.1. The molecule has 5 heteroatoms. The van der Waals surface area contributed by atoms with Crippen LogP contribution in [0.25, 0.3) is 0 Å². The van der Waals surface area contributed by atoms with Gasteiger partial charge >= 0.3 is 0 Å². The zero-order chi connectivity index (χ0) is 14.5. The van der Waals surface area contributed by atoms with Crippen LogP contribution in [0.1, 0.15) is 31.7 Å². The highest BCUT2D eigenvalue weighted by atomic mass is 79.9. The van der Waals surface area contributed by atoms with E-state index in [0.717, 1.165) is 36.1 Å². The second-order valence-corrected chi connectivity index (χ2v) is 5.91. The Morgan fingerprint density at radius 3 is 2.70 bits per heavy atom. The molecule has 1 aromatic carbocycles. The maximum absolute atomic E-state index is 12.3. The van der Waals surface area contributed by atoms with E-state index in [0.29, 0.717) is 5.56 Å². The summed E-state index contributed by atoms with van der Waals surface area (Å²) in [5.74, 6) is 0.140. The molecule has 1 heterocycles. The van der Waals surface area contributed by atoms with Gasteiger partial charge in [-0.15, -0.1) is 0 Å². The maximum atomic E-state index is 12.3. The number of rotatable bonds is 3. The average Bonchev–Trinajstić information content (AvgIpc) is 2.49. The topological polar surface area (TPSA) is 56.1 Å². The average molecular weight is 336 g/mol. The molecule has 0 bridgehead atoms. The van der Waals surface area contributed by atoms with E-state index in [2.05, 4.69) is 27.3 Å². The van der Waals surface area contributed by atoms with E-state index in [9.17, 15) is 4.79 Å². The third-order valence-corrected chi connectivity index (χ3v) is 4.16. The van der Waals surface area contributed by atoms with Crippen LogP contribution >= 0.6 is 15.9 Å². The van der Waals surface area contributed by atoms with Gasteiger partial charge in [0.15, 0.2) is 0 Å². The van der Waals surface area contributed by atoms with E-state index < -0.39 is 0 Å². The van der Waals surface area contributed by atoms with Crippen LogP contribution in [0.5, 0.6) is 0 Å². The number of carbonyl (C=O) groups excluding carboxylic acids is 1. The summed E-state index contributed by atoms with van der Waals surface area (Å²) in [4.78, 5) is 14.3. The molecule has 1 N–H and O–H groups in total. The van der Waals surface area contributed by atoms with Gasteiger partial charge < -0.3 is 10.2 Å². The van der Waals surface area contributed by atoms with Gasteiger partial charge in [-0.25, -0.2) is 0 Å². The second kappa shape index (κ2) is 6.76. The second-order valence-electron chi connectivity index (χ2n) is 5.06. The molecule has 0 aliphatic carbocycles. The number of benzene rings is 1. The van der Waals surface area contributed by atoms with Crippen molar-refractivity contribution in [2.75, 3.05) is 18.4 Å². The van der Waals surface area contributed by atoms with Crippen molar-refractivity contribution < 1.29 is 4.79 Å². The van der Waals surface area contributed by atoms with Crippen molar-refractivity contribution in [1.82, 2.24) is 4.90 Å². The number of amides is 1. The highest BCUT2D eigenvalue weighted by Gasteiger charge is 2.22. The number of nitrogens with zero attached hydrogens (tertiary/aromatic N) is 2. The van der Waals surface area contributed by atoms with Crippen LogP contribution in [0.15, 0.2) is 22.7 Å². The molecule has 1 aliphatic heterocycles. The van der Waals surface area contributed by atoms with Crippen LogP contribution < -0.4 is 5.32 Å². The number of carbonyl (C=O) groups is 1. The Hall–Kier alpha value is -1.54. The predicted molar refractivity (Wildman–Crippen MR) is 82.4 cm³/mol. The molecule has 1 atom stereocenters. The summed E-state index contributed by atoms with van der Waals surface area (Å²) >= 11 is 3.42. The minimum atomic E-state index is -0.266. The van der Waals surface area contributed by atoms with E-state index in [1.165, 1.54) is 6.42 Å². The van der Waals surface area contributed by atoms with Gasteiger partial charge in [0.2, 0.25) is 5.91 Å². The molecule has 1 unspecified atom stereocenters. The number of hydrogen-bond acceptors (Lipinski definition) is 3. The first-order chi connectivity index (χ1) is 9.61. The Balaban J connectivity index is 2.02. The third kappa shape index (κ3) is 3.51. The number of nitrogens with one attached hydrogen (secondary N) is 1. The fourth-order valence-electron chi connectivity index (χ4n) is 2.38. The van der Waals surface area contributed by atoms with Gasteiger partial charge in [0.1, 0.15) is 6.04 Å². The molecule has 1 saturated heterocycles. The summed E-state index contributed by atoms with van der Waals surface area (Å²) in [5.41, 5.74) is 1.43. The van der Waals surface area contributed by atoms with E-state index >= 15 is 0 Å². The van der Waals surface area contributed by atoms with Crippen molar-refractivity contribution in [2.24, 2.45) is 0 Å². The number of hydrogen-bond donors (Lipinski definition) is 1. The van der Waals surface area contributed by atoms with Gasteiger partial charge in [0.25, 0.3) is 0 Å². The number of likely N-dealkylation sites (tertiary alicyclic amines) is 1. The Labute approximate surface area is 127 Å². The van der Waals surface area contributed by atoms with Crippen molar-refractivity contribution in [1.29, 1.82) is 5.26 Å². The molecule has 1 amide bonds. The molecule has 0 spiro atoms. The fraction of sp³-hybridized carbons (Fsp3) is 0.467. The number of nitriles is 1. The largest absolute Gasteiger partial charge is 0.373 e. The minimum absolute atomic E-state index is 0.140. The Morgan fingerprint density at radius 1 is 1.40 bits per heavy atom.